The Balaban J connectivity index is 1.79. The highest BCUT2D eigenvalue weighted by Gasteiger charge is 2.17. The van der Waals surface area contributed by atoms with Crippen LogP contribution in [0.5, 0.6) is 0 Å². The Labute approximate surface area is 153 Å². The number of benzene rings is 1. The minimum Gasteiger partial charge on any atom is -0.366 e. The largest absolute Gasteiger partial charge is 0.366 e. The Morgan fingerprint density at radius 2 is 2.00 bits per heavy atom. The fraction of sp³-hybridized carbons (Fsp3) is 0.0556. The Morgan fingerprint density at radius 1 is 1.15 bits per heavy atom. The lowest BCUT2D eigenvalue weighted by Gasteiger charge is -2.13. The van der Waals surface area contributed by atoms with Crippen molar-refractivity contribution >= 4 is 22.8 Å². The highest BCUT2D eigenvalue weighted by atomic mass is 16.2. The van der Waals surface area contributed by atoms with Gasteiger partial charge in [0.1, 0.15) is 12.0 Å². The molecule has 4 N–H and O–H groups in total. The number of nitrogens with two attached hydrogens (primary N) is 1. The molecule has 0 unspecified atom stereocenters. The maximum absolute atomic E-state index is 12.2. The standard InChI is InChI=1S/C18H15N7O2/c19-15(26)13-6-2-1-5-12(13)14-8-11-4-3-7-20-17(11)25(14)10-22-18(27)16-21-9-23-24-16/h1-9H,10H2,(H2,19,26)(H,22,27)(H,21,23,24). The lowest BCUT2D eigenvalue weighted by atomic mass is 10.0. The summed E-state index contributed by atoms with van der Waals surface area (Å²) < 4.78 is 1.81. The van der Waals surface area contributed by atoms with Gasteiger partial charge in [-0.2, -0.15) is 5.10 Å². The number of amides is 2. The molecule has 0 spiro atoms. The van der Waals surface area contributed by atoms with E-state index in [9.17, 15) is 9.59 Å². The van der Waals surface area contributed by atoms with Crippen LogP contribution in [-0.2, 0) is 6.67 Å². The molecule has 4 aromatic rings. The van der Waals surface area contributed by atoms with Crippen molar-refractivity contribution in [2.75, 3.05) is 0 Å². The van der Waals surface area contributed by atoms with E-state index in [1.165, 1.54) is 6.33 Å². The van der Waals surface area contributed by atoms with Crippen molar-refractivity contribution in [1.82, 2.24) is 30.0 Å². The van der Waals surface area contributed by atoms with Crippen molar-refractivity contribution < 1.29 is 9.59 Å². The van der Waals surface area contributed by atoms with Crippen LogP contribution < -0.4 is 11.1 Å². The summed E-state index contributed by atoms with van der Waals surface area (Å²) in [5.74, 6) is -0.820. The van der Waals surface area contributed by atoms with E-state index in [1.807, 2.05) is 34.9 Å². The number of carbonyl (C=O) groups excluding carboxylic acids is 2. The Hall–Kier alpha value is -4.01. The molecule has 0 aliphatic heterocycles. The number of pyridine rings is 1. The summed E-state index contributed by atoms with van der Waals surface area (Å²) in [5, 5.41) is 9.83. The molecule has 3 heterocycles. The van der Waals surface area contributed by atoms with Gasteiger partial charge in [-0.15, -0.1) is 0 Å². The van der Waals surface area contributed by atoms with Crippen LogP contribution in [0.4, 0.5) is 0 Å². The van der Waals surface area contributed by atoms with Gasteiger partial charge in [-0.05, 0) is 24.3 Å². The molecule has 4 rings (SSSR count). The van der Waals surface area contributed by atoms with Crippen molar-refractivity contribution in [2.24, 2.45) is 5.73 Å². The van der Waals surface area contributed by atoms with Crippen molar-refractivity contribution in [3.63, 3.8) is 0 Å². The molecule has 9 heteroatoms. The van der Waals surface area contributed by atoms with Gasteiger partial charge in [0.05, 0.1) is 12.4 Å². The summed E-state index contributed by atoms with van der Waals surface area (Å²) in [6.45, 7) is 0.127. The van der Waals surface area contributed by atoms with Crippen LogP contribution in [-0.4, -0.2) is 36.5 Å². The number of hydrogen-bond donors (Lipinski definition) is 3. The van der Waals surface area contributed by atoms with Crippen LogP contribution in [0.25, 0.3) is 22.3 Å². The van der Waals surface area contributed by atoms with Gasteiger partial charge in [-0.3, -0.25) is 14.7 Å². The van der Waals surface area contributed by atoms with Crippen LogP contribution in [0.15, 0.2) is 55.0 Å². The third-order valence-electron chi connectivity index (χ3n) is 4.15. The molecule has 0 saturated carbocycles. The van der Waals surface area contributed by atoms with E-state index in [1.54, 1.807) is 18.3 Å². The number of primary amides is 1. The fourth-order valence-corrected chi connectivity index (χ4v) is 2.94. The molecular formula is C18H15N7O2. The Morgan fingerprint density at radius 3 is 2.78 bits per heavy atom. The summed E-state index contributed by atoms with van der Waals surface area (Å²) in [5.41, 5.74) is 7.97. The minimum absolute atomic E-state index is 0.110. The van der Waals surface area contributed by atoms with E-state index < -0.39 is 11.8 Å². The highest BCUT2D eigenvalue weighted by Crippen LogP contribution is 2.29. The van der Waals surface area contributed by atoms with Gasteiger partial charge in [-0.25, -0.2) is 9.97 Å². The zero-order valence-electron chi connectivity index (χ0n) is 14.1. The van der Waals surface area contributed by atoms with Gasteiger partial charge in [0, 0.05) is 22.7 Å². The number of fused-ring (bicyclic) bond motifs is 1. The summed E-state index contributed by atoms with van der Waals surface area (Å²) in [7, 11) is 0. The second-order valence-corrected chi connectivity index (χ2v) is 5.78. The number of nitrogens with one attached hydrogen (secondary N) is 2. The van der Waals surface area contributed by atoms with Gasteiger partial charge < -0.3 is 15.6 Å². The van der Waals surface area contributed by atoms with Gasteiger partial charge in [-0.1, -0.05) is 18.2 Å². The Kier molecular flexibility index (Phi) is 4.09. The molecule has 0 aliphatic carbocycles. The van der Waals surface area contributed by atoms with Gasteiger partial charge in [0.15, 0.2) is 0 Å². The van der Waals surface area contributed by atoms with E-state index in [0.29, 0.717) is 16.8 Å². The normalized spacial score (nSPS) is 10.8. The van der Waals surface area contributed by atoms with Gasteiger partial charge >= 0.3 is 0 Å². The van der Waals surface area contributed by atoms with Crippen LogP contribution >= 0.6 is 0 Å². The number of carbonyl (C=O) groups is 2. The maximum atomic E-state index is 12.2. The molecule has 9 nitrogen and oxygen atoms in total. The van der Waals surface area contributed by atoms with Crippen molar-refractivity contribution in [1.29, 1.82) is 0 Å². The van der Waals surface area contributed by atoms with Crippen molar-refractivity contribution in [3.8, 4) is 11.3 Å². The predicted octanol–water partition coefficient (Wildman–Crippen LogP) is 1.31. The maximum Gasteiger partial charge on any atom is 0.289 e. The van der Waals surface area contributed by atoms with Crippen LogP contribution in [0.2, 0.25) is 0 Å². The molecule has 3 aromatic heterocycles. The molecule has 2 amide bonds. The number of H-pyrrole nitrogens is 1. The van der Waals surface area contributed by atoms with E-state index >= 15 is 0 Å². The smallest absolute Gasteiger partial charge is 0.289 e. The zero-order chi connectivity index (χ0) is 18.8. The number of hydrogen-bond acceptors (Lipinski definition) is 5. The van der Waals surface area contributed by atoms with Crippen LogP contribution in [0.1, 0.15) is 21.0 Å². The molecule has 27 heavy (non-hydrogen) atoms. The number of nitrogens with zero attached hydrogens (tertiary/aromatic N) is 4. The van der Waals surface area contributed by atoms with Gasteiger partial charge in [0.25, 0.3) is 5.91 Å². The van der Waals surface area contributed by atoms with Crippen molar-refractivity contribution in [2.45, 2.75) is 6.67 Å². The number of aromatic nitrogens is 5. The summed E-state index contributed by atoms with van der Waals surface area (Å²) in [4.78, 5) is 32.3. The molecular weight excluding hydrogens is 346 g/mol. The molecule has 0 atom stereocenters. The Bertz CT molecular complexity index is 1130. The molecule has 0 fully saturated rings. The first-order valence-electron chi connectivity index (χ1n) is 8.12. The molecule has 134 valence electrons. The highest BCUT2D eigenvalue weighted by molar-refractivity contribution is 6.00. The van der Waals surface area contributed by atoms with Crippen LogP contribution in [0, 0.1) is 0 Å². The molecule has 0 aliphatic rings. The third-order valence-corrected chi connectivity index (χ3v) is 4.15. The van der Waals surface area contributed by atoms with Crippen LogP contribution in [0.3, 0.4) is 0 Å². The van der Waals surface area contributed by atoms with Crippen molar-refractivity contribution in [3.05, 3.63) is 66.4 Å². The van der Waals surface area contributed by atoms with Gasteiger partial charge in [0.2, 0.25) is 11.7 Å². The summed E-state index contributed by atoms with van der Waals surface area (Å²) in [6, 6.07) is 12.7. The average molecular weight is 361 g/mol. The average Bonchev–Trinajstić information content (AvgIpc) is 3.34. The first-order chi connectivity index (χ1) is 13.1. The summed E-state index contributed by atoms with van der Waals surface area (Å²) >= 11 is 0. The fourth-order valence-electron chi connectivity index (χ4n) is 2.94. The SMILES string of the molecule is NC(=O)c1ccccc1-c1cc2cccnc2n1CNC(=O)c1ncn[nH]1. The topological polar surface area (TPSA) is 132 Å². The lowest BCUT2D eigenvalue weighted by molar-refractivity contribution is 0.0931. The van der Waals surface area contributed by atoms with E-state index in [-0.39, 0.29) is 12.5 Å². The molecule has 1 aromatic carbocycles. The minimum atomic E-state index is -0.527. The quantitative estimate of drug-likeness (QED) is 0.493. The van der Waals surface area contributed by atoms with E-state index in [4.69, 9.17) is 5.73 Å². The van der Waals surface area contributed by atoms with E-state index in [2.05, 4.69) is 25.5 Å². The zero-order valence-corrected chi connectivity index (χ0v) is 14.1. The third kappa shape index (κ3) is 3.01. The monoisotopic (exact) mass is 361 g/mol. The predicted molar refractivity (Wildman–Crippen MR) is 97.5 cm³/mol. The number of rotatable bonds is 5. The summed E-state index contributed by atoms with van der Waals surface area (Å²) in [6.07, 6.45) is 2.93. The molecule has 0 saturated heterocycles. The first-order valence-corrected chi connectivity index (χ1v) is 8.12. The lowest BCUT2D eigenvalue weighted by Crippen LogP contribution is -2.27. The second kappa shape index (κ2) is 6.71. The number of aromatic amines is 1. The van der Waals surface area contributed by atoms with E-state index in [0.717, 1.165) is 11.1 Å². The first kappa shape index (κ1) is 16.5. The molecule has 0 radical (unpaired) electrons. The second-order valence-electron chi connectivity index (χ2n) is 5.78. The molecule has 0 bridgehead atoms.